The lowest BCUT2D eigenvalue weighted by molar-refractivity contribution is -0.156. The van der Waals surface area contributed by atoms with Gasteiger partial charge >= 0.3 is 17.7 Å². The molecule has 1 saturated heterocycles. The maximum atomic E-state index is 13.0. The number of para-hydroxylation sites is 2. The van der Waals surface area contributed by atoms with Crippen molar-refractivity contribution in [2.45, 2.75) is 65.5 Å². The Bertz CT molecular complexity index is 1100. The highest BCUT2D eigenvalue weighted by Crippen LogP contribution is 2.41. The fourth-order valence-electron chi connectivity index (χ4n) is 5.00. The van der Waals surface area contributed by atoms with Crippen molar-refractivity contribution in [1.29, 1.82) is 0 Å². The van der Waals surface area contributed by atoms with Gasteiger partial charge in [0.05, 0.1) is 17.0 Å². The molecule has 1 saturated carbocycles. The lowest BCUT2D eigenvalue weighted by Crippen LogP contribution is -2.42. The van der Waals surface area contributed by atoms with Gasteiger partial charge in [-0.3, -0.25) is 9.36 Å². The smallest absolute Gasteiger partial charge is 0.337 e. The van der Waals surface area contributed by atoms with E-state index in [1.807, 2.05) is 58.9 Å². The van der Waals surface area contributed by atoms with Crippen molar-refractivity contribution in [3.05, 3.63) is 34.7 Å². The lowest BCUT2D eigenvalue weighted by atomic mass is 9.96. The number of hydrogen-bond acceptors (Lipinski definition) is 5. The zero-order chi connectivity index (χ0) is 24.6. The Balaban J connectivity index is 1.26. The first-order chi connectivity index (χ1) is 16.0. The second-order valence-corrected chi connectivity index (χ2v) is 11.1. The predicted molar refractivity (Wildman–Crippen MR) is 132 cm³/mol. The maximum absolute atomic E-state index is 13.0. The summed E-state index contributed by atoms with van der Waals surface area (Å²) in [6.07, 6.45) is 2.91. The molecule has 2 atom stereocenters. The number of likely N-dealkylation sites (tertiary alicyclic amines) is 1. The quantitative estimate of drug-likeness (QED) is 0.652. The normalized spacial score (nSPS) is 21.7. The van der Waals surface area contributed by atoms with Crippen molar-refractivity contribution in [3.8, 4) is 0 Å². The van der Waals surface area contributed by atoms with Gasteiger partial charge in [0.2, 0.25) is 0 Å². The molecule has 8 heteroatoms. The van der Waals surface area contributed by atoms with Crippen LogP contribution in [0.25, 0.3) is 11.0 Å². The summed E-state index contributed by atoms with van der Waals surface area (Å²) in [4.78, 5) is 40.6. The molecular formula is C26H38N4O4. The molecule has 2 aromatic rings. The number of nitrogens with zero attached hydrogens (tertiary/aromatic N) is 3. The average molecular weight is 471 g/mol. The lowest BCUT2D eigenvalue weighted by Gasteiger charge is -2.32. The molecule has 2 fully saturated rings. The van der Waals surface area contributed by atoms with Gasteiger partial charge in [-0.15, -0.1) is 0 Å². The molecule has 1 aliphatic carbocycles. The molecule has 1 aromatic heterocycles. The molecule has 0 spiro atoms. The molecule has 1 N–H and O–H groups in total. The Labute approximate surface area is 201 Å². The third-order valence-electron chi connectivity index (χ3n) is 6.87. The molecule has 8 nitrogen and oxygen atoms in total. The number of nitrogens with one attached hydrogen (secondary N) is 1. The van der Waals surface area contributed by atoms with Gasteiger partial charge in [-0.2, -0.15) is 0 Å². The number of ether oxygens (including phenoxy) is 1. The SMILES string of the molecule is CC(C)n1c(=O)n(C(=O)NCC2CCN(CC3CC3C(=O)OC(C)(C)C)CC2)c2ccccc21. The summed E-state index contributed by atoms with van der Waals surface area (Å²) in [7, 11) is 0. The maximum Gasteiger partial charge on any atom is 0.337 e. The van der Waals surface area contributed by atoms with E-state index >= 15 is 0 Å². The van der Waals surface area contributed by atoms with E-state index in [0.717, 1.165) is 44.4 Å². The van der Waals surface area contributed by atoms with E-state index in [1.54, 1.807) is 4.57 Å². The fraction of sp³-hybridized carbons (Fsp3) is 0.654. The topological polar surface area (TPSA) is 85.6 Å². The molecule has 186 valence electrons. The highest BCUT2D eigenvalue weighted by atomic mass is 16.6. The van der Waals surface area contributed by atoms with Gasteiger partial charge in [0.15, 0.2) is 0 Å². The summed E-state index contributed by atoms with van der Waals surface area (Å²) in [5, 5.41) is 3.00. The number of carbonyl (C=O) groups excluding carboxylic acids is 2. The molecule has 34 heavy (non-hydrogen) atoms. The highest BCUT2D eigenvalue weighted by Gasteiger charge is 2.46. The third-order valence-corrected chi connectivity index (χ3v) is 6.87. The zero-order valence-corrected chi connectivity index (χ0v) is 21.0. The van der Waals surface area contributed by atoms with Gasteiger partial charge in [-0.1, -0.05) is 12.1 Å². The van der Waals surface area contributed by atoms with Crippen LogP contribution in [0.2, 0.25) is 0 Å². The van der Waals surface area contributed by atoms with Crippen molar-refractivity contribution >= 4 is 23.0 Å². The van der Waals surface area contributed by atoms with Crippen molar-refractivity contribution in [3.63, 3.8) is 0 Å². The van der Waals surface area contributed by atoms with Gasteiger partial charge in [0, 0.05) is 19.1 Å². The van der Waals surface area contributed by atoms with Crippen molar-refractivity contribution in [2.75, 3.05) is 26.2 Å². The Morgan fingerprint density at radius 2 is 1.76 bits per heavy atom. The summed E-state index contributed by atoms with van der Waals surface area (Å²) in [6.45, 7) is 13.0. The van der Waals surface area contributed by atoms with E-state index in [1.165, 1.54) is 4.57 Å². The van der Waals surface area contributed by atoms with E-state index in [0.29, 0.717) is 23.9 Å². The van der Waals surface area contributed by atoms with E-state index in [4.69, 9.17) is 4.74 Å². The number of esters is 1. The van der Waals surface area contributed by atoms with Crippen molar-refractivity contribution < 1.29 is 14.3 Å². The molecule has 2 unspecified atom stereocenters. The third kappa shape index (κ3) is 5.37. The second kappa shape index (κ2) is 9.56. The van der Waals surface area contributed by atoms with E-state index < -0.39 is 5.60 Å². The van der Waals surface area contributed by atoms with Crippen LogP contribution in [0.1, 0.15) is 59.9 Å². The Hall–Kier alpha value is -2.61. The molecule has 0 bridgehead atoms. The van der Waals surface area contributed by atoms with Crippen LogP contribution in [0, 0.1) is 17.8 Å². The number of fused-ring (bicyclic) bond motifs is 1. The average Bonchev–Trinajstić information content (AvgIpc) is 3.45. The van der Waals surface area contributed by atoms with Crippen LogP contribution in [0.15, 0.2) is 29.1 Å². The minimum absolute atomic E-state index is 0.0304. The van der Waals surface area contributed by atoms with E-state index in [-0.39, 0.29) is 29.6 Å². The first-order valence-electron chi connectivity index (χ1n) is 12.5. The standard InChI is InChI=1S/C26H38N4O4/c1-17(2)29-21-8-6-7-9-22(21)30(25(29)33)24(32)27-15-18-10-12-28(13-11-18)16-19-14-20(19)23(31)34-26(3,4)5/h6-9,17-20H,10-16H2,1-5H3,(H,27,32). The molecule has 1 amide bonds. The summed E-state index contributed by atoms with van der Waals surface area (Å²) < 4.78 is 8.44. The number of rotatable bonds is 6. The number of aromatic nitrogens is 2. The van der Waals surface area contributed by atoms with Crippen LogP contribution >= 0.6 is 0 Å². The number of amides is 1. The number of benzene rings is 1. The van der Waals surface area contributed by atoms with Crippen LogP contribution in [0.5, 0.6) is 0 Å². The zero-order valence-electron chi connectivity index (χ0n) is 21.0. The summed E-state index contributed by atoms with van der Waals surface area (Å²) in [5.74, 6) is 0.762. The first-order valence-corrected chi connectivity index (χ1v) is 12.5. The van der Waals surface area contributed by atoms with Gasteiger partial charge in [-0.05, 0) is 90.9 Å². The molecular weight excluding hydrogens is 432 g/mol. The van der Waals surface area contributed by atoms with Crippen LogP contribution < -0.4 is 11.0 Å². The summed E-state index contributed by atoms with van der Waals surface area (Å²) >= 11 is 0. The van der Waals surface area contributed by atoms with Gasteiger partial charge in [0.25, 0.3) is 0 Å². The van der Waals surface area contributed by atoms with E-state index in [2.05, 4.69) is 10.2 Å². The van der Waals surface area contributed by atoms with Crippen LogP contribution in [0.3, 0.4) is 0 Å². The predicted octanol–water partition coefficient (Wildman–Crippen LogP) is 3.63. The fourth-order valence-corrected chi connectivity index (χ4v) is 5.00. The highest BCUT2D eigenvalue weighted by molar-refractivity contribution is 5.89. The molecule has 2 aliphatic rings. The number of carbonyl (C=O) groups is 2. The number of imidazole rings is 1. The second-order valence-electron chi connectivity index (χ2n) is 11.1. The monoisotopic (exact) mass is 470 g/mol. The van der Waals surface area contributed by atoms with Crippen LogP contribution in [0.4, 0.5) is 4.79 Å². The Morgan fingerprint density at radius 3 is 2.38 bits per heavy atom. The number of piperidine rings is 1. The first kappa shape index (κ1) is 24.5. The largest absolute Gasteiger partial charge is 0.460 e. The van der Waals surface area contributed by atoms with Crippen LogP contribution in [-0.4, -0.2) is 57.8 Å². The Kier molecular flexibility index (Phi) is 6.90. The van der Waals surface area contributed by atoms with Crippen molar-refractivity contribution in [2.24, 2.45) is 17.8 Å². The number of hydrogen-bond donors (Lipinski definition) is 1. The van der Waals surface area contributed by atoms with Gasteiger partial charge in [-0.25, -0.2) is 14.2 Å². The summed E-state index contributed by atoms with van der Waals surface area (Å²) in [6, 6.07) is 7.03. The minimum atomic E-state index is -0.429. The molecule has 4 rings (SSSR count). The molecule has 0 radical (unpaired) electrons. The Morgan fingerprint density at radius 1 is 1.12 bits per heavy atom. The summed E-state index contributed by atoms with van der Waals surface area (Å²) in [5.41, 5.74) is 0.683. The van der Waals surface area contributed by atoms with Crippen molar-refractivity contribution in [1.82, 2.24) is 19.4 Å². The molecule has 1 aliphatic heterocycles. The van der Waals surface area contributed by atoms with Gasteiger partial charge in [0.1, 0.15) is 5.60 Å². The van der Waals surface area contributed by atoms with E-state index in [9.17, 15) is 14.4 Å². The molecule has 1 aromatic carbocycles. The minimum Gasteiger partial charge on any atom is -0.460 e. The van der Waals surface area contributed by atoms with Gasteiger partial charge < -0.3 is 15.0 Å². The van der Waals surface area contributed by atoms with Crippen LogP contribution in [-0.2, 0) is 9.53 Å². The molecule has 2 heterocycles.